The van der Waals surface area contributed by atoms with Gasteiger partial charge in [0, 0.05) is 28.2 Å². The maximum Gasteiger partial charge on any atom is 0.0711 e. The highest BCUT2D eigenvalue weighted by molar-refractivity contribution is 6.07. The first-order valence-corrected chi connectivity index (χ1v) is 7.86. The molecule has 4 aromatic rings. The van der Waals surface area contributed by atoms with Crippen molar-refractivity contribution in [2.45, 2.75) is 20.8 Å². The third-order valence-electron chi connectivity index (χ3n) is 4.56. The Hall–Kier alpha value is -2.74. The molecule has 2 aromatic carbocycles. The average molecular weight is 298 g/mol. The van der Waals surface area contributed by atoms with Gasteiger partial charge in [-0.2, -0.15) is 0 Å². The van der Waals surface area contributed by atoms with E-state index in [4.69, 9.17) is 4.98 Å². The van der Waals surface area contributed by atoms with E-state index in [9.17, 15) is 0 Å². The van der Waals surface area contributed by atoms with Gasteiger partial charge in [-0.15, -0.1) is 0 Å². The van der Waals surface area contributed by atoms with Gasteiger partial charge in [-0.1, -0.05) is 30.3 Å². The first-order chi connectivity index (χ1) is 11.1. The minimum Gasteiger partial charge on any atom is -0.256 e. The molecule has 0 atom stereocenters. The molecule has 0 bridgehead atoms. The molecule has 0 saturated carbocycles. The average Bonchev–Trinajstić information content (AvgIpc) is 2.57. The summed E-state index contributed by atoms with van der Waals surface area (Å²) in [5, 5.41) is 3.64. The largest absolute Gasteiger partial charge is 0.256 e. The zero-order valence-corrected chi connectivity index (χ0v) is 13.6. The van der Waals surface area contributed by atoms with E-state index in [-0.39, 0.29) is 0 Å². The van der Waals surface area contributed by atoms with Gasteiger partial charge in [-0.05, 0) is 55.5 Å². The number of aromatic nitrogens is 2. The van der Waals surface area contributed by atoms with Crippen LogP contribution in [0.1, 0.15) is 16.8 Å². The summed E-state index contributed by atoms with van der Waals surface area (Å²) in [7, 11) is 0. The first kappa shape index (κ1) is 13.9. The Morgan fingerprint density at radius 1 is 0.739 bits per heavy atom. The Labute approximate surface area is 135 Å². The molecule has 0 aliphatic carbocycles. The van der Waals surface area contributed by atoms with E-state index < -0.39 is 0 Å². The predicted molar refractivity (Wildman–Crippen MR) is 96.7 cm³/mol. The number of nitrogens with zero attached hydrogens (tertiary/aromatic N) is 2. The summed E-state index contributed by atoms with van der Waals surface area (Å²) in [5.41, 5.74) is 6.77. The molecule has 0 aliphatic rings. The van der Waals surface area contributed by atoms with E-state index >= 15 is 0 Å². The fraction of sp³-hybridized carbons (Fsp3) is 0.143. The number of rotatable bonds is 1. The highest BCUT2D eigenvalue weighted by atomic mass is 14.7. The summed E-state index contributed by atoms with van der Waals surface area (Å²) >= 11 is 0. The van der Waals surface area contributed by atoms with Crippen LogP contribution in [0.2, 0.25) is 0 Å². The Kier molecular flexibility index (Phi) is 3.12. The molecule has 23 heavy (non-hydrogen) atoms. The van der Waals surface area contributed by atoms with Gasteiger partial charge in [0.15, 0.2) is 0 Å². The predicted octanol–water partition coefficient (Wildman–Crippen LogP) is 5.38. The van der Waals surface area contributed by atoms with Crippen LogP contribution in [0.15, 0.2) is 54.7 Å². The molecule has 0 amide bonds. The Bertz CT molecular complexity index is 1050. The summed E-state index contributed by atoms with van der Waals surface area (Å²) < 4.78 is 0. The fourth-order valence-corrected chi connectivity index (χ4v) is 3.06. The lowest BCUT2D eigenvalue weighted by Crippen LogP contribution is -1.91. The van der Waals surface area contributed by atoms with Crippen LogP contribution in [0.5, 0.6) is 0 Å². The molecule has 0 fully saturated rings. The van der Waals surface area contributed by atoms with Gasteiger partial charge >= 0.3 is 0 Å². The number of benzene rings is 2. The summed E-state index contributed by atoms with van der Waals surface area (Å²) in [6.07, 6.45) is 1.95. The van der Waals surface area contributed by atoms with E-state index in [1.165, 1.54) is 27.3 Å². The van der Waals surface area contributed by atoms with Crippen LogP contribution in [0.3, 0.4) is 0 Å². The molecule has 2 nitrogen and oxygen atoms in total. The lowest BCUT2D eigenvalue weighted by atomic mass is 9.99. The lowest BCUT2D eigenvalue weighted by molar-refractivity contribution is 1.22. The van der Waals surface area contributed by atoms with Crippen molar-refractivity contribution in [3.63, 3.8) is 0 Å². The second-order valence-corrected chi connectivity index (χ2v) is 6.13. The van der Waals surface area contributed by atoms with E-state index in [0.29, 0.717) is 0 Å². The molecular formula is C21H18N2. The van der Waals surface area contributed by atoms with Gasteiger partial charge in [0.05, 0.1) is 11.2 Å². The second-order valence-electron chi connectivity index (χ2n) is 6.13. The molecule has 0 unspecified atom stereocenters. The minimum absolute atomic E-state index is 1.02. The normalized spacial score (nSPS) is 11.3. The van der Waals surface area contributed by atoms with Crippen molar-refractivity contribution in [2.75, 3.05) is 0 Å². The van der Waals surface area contributed by atoms with Crippen LogP contribution >= 0.6 is 0 Å². The van der Waals surface area contributed by atoms with Crippen molar-refractivity contribution in [2.24, 2.45) is 0 Å². The van der Waals surface area contributed by atoms with E-state index in [1.807, 2.05) is 12.3 Å². The van der Waals surface area contributed by atoms with Crippen LogP contribution in [-0.2, 0) is 0 Å². The van der Waals surface area contributed by atoms with Crippen LogP contribution in [0.25, 0.3) is 32.9 Å². The maximum atomic E-state index is 4.72. The molecule has 0 spiro atoms. The van der Waals surface area contributed by atoms with Crippen molar-refractivity contribution >= 4 is 21.7 Å². The molecule has 0 radical (unpaired) electrons. The van der Waals surface area contributed by atoms with E-state index in [0.717, 1.165) is 22.5 Å². The number of fused-ring (bicyclic) bond motifs is 3. The molecule has 0 aliphatic heterocycles. The van der Waals surface area contributed by atoms with Crippen LogP contribution in [0, 0.1) is 20.8 Å². The smallest absolute Gasteiger partial charge is 0.0711 e. The van der Waals surface area contributed by atoms with Gasteiger partial charge in [-0.25, -0.2) is 0 Å². The van der Waals surface area contributed by atoms with Crippen LogP contribution in [0.4, 0.5) is 0 Å². The molecule has 2 heteroatoms. The van der Waals surface area contributed by atoms with Gasteiger partial charge in [0.1, 0.15) is 0 Å². The summed E-state index contributed by atoms with van der Waals surface area (Å²) in [6.45, 7) is 6.29. The van der Waals surface area contributed by atoms with E-state index in [1.54, 1.807) is 0 Å². The third kappa shape index (κ3) is 2.27. The van der Waals surface area contributed by atoms with Gasteiger partial charge < -0.3 is 0 Å². The van der Waals surface area contributed by atoms with Gasteiger partial charge in [0.2, 0.25) is 0 Å². The Morgan fingerprint density at radius 2 is 1.57 bits per heavy atom. The fourth-order valence-electron chi connectivity index (χ4n) is 3.06. The second kappa shape index (κ2) is 5.17. The standard InChI is InChI=1S/C21H18N2/c1-13-10-21(22-12-14(13)2)16-8-9-17-15(3)23-20-7-5-4-6-18(20)19(17)11-16/h4-12H,1-3H3. The van der Waals surface area contributed by atoms with Gasteiger partial charge in [0.25, 0.3) is 0 Å². The Balaban J connectivity index is 2.03. The minimum atomic E-state index is 1.02. The maximum absolute atomic E-state index is 4.72. The molecule has 4 rings (SSSR count). The SMILES string of the molecule is Cc1cnc(-c2ccc3c(C)nc4ccccc4c3c2)cc1C. The lowest BCUT2D eigenvalue weighted by Gasteiger charge is -2.10. The quantitative estimate of drug-likeness (QED) is 0.441. The number of para-hydroxylation sites is 1. The number of hydrogen-bond acceptors (Lipinski definition) is 2. The zero-order chi connectivity index (χ0) is 16.0. The van der Waals surface area contributed by atoms with Gasteiger partial charge in [-0.3, -0.25) is 9.97 Å². The molecule has 112 valence electrons. The Morgan fingerprint density at radius 3 is 2.39 bits per heavy atom. The molecule has 0 saturated heterocycles. The first-order valence-electron chi connectivity index (χ1n) is 7.86. The zero-order valence-electron chi connectivity index (χ0n) is 13.6. The van der Waals surface area contributed by atoms with Crippen molar-refractivity contribution in [1.82, 2.24) is 9.97 Å². The van der Waals surface area contributed by atoms with Crippen LogP contribution in [-0.4, -0.2) is 9.97 Å². The van der Waals surface area contributed by atoms with Crippen LogP contribution < -0.4 is 0 Å². The molecular weight excluding hydrogens is 280 g/mol. The number of aryl methyl sites for hydroxylation is 3. The summed E-state index contributed by atoms with van der Waals surface area (Å²) in [5.74, 6) is 0. The summed E-state index contributed by atoms with van der Waals surface area (Å²) in [4.78, 5) is 9.32. The third-order valence-corrected chi connectivity index (χ3v) is 4.56. The van der Waals surface area contributed by atoms with Crippen molar-refractivity contribution in [3.8, 4) is 11.3 Å². The number of pyridine rings is 2. The highest BCUT2D eigenvalue weighted by Crippen LogP contribution is 2.30. The molecule has 2 heterocycles. The monoisotopic (exact) mass is 298 g/mol. The highest BCUT2D eigenvalue weighted by Gasteiger charge is 2.08. The van der Waals surface area contributed by atoms with Crippen molar-refractivity contribution in [1.29, 1.82) is 0 Å². The van der Waals surface area contributed by atoms with Crippen molar-refractivity contribution in [3.05, 3.63) is 71.5 Å². The molecule has 2 aromatic heterocycles. The van der Waals surface area contributed by atoms with Crippen molar-refractivity contribution < 1.29 is 0 Å². The molecule has 0 N–H and O–H groups in total. The number of hydrogen-bond donors (Lipinski definition) is 0. The summed E-state index contributed by atoms with van der Waals surface area (Å²) in [6, 6.07) is 17.0. The van der Waals surface area contributed by atoms with E-state index in [2.05, 4.69) is 68.2 Å². The topological polar surface area (TPSA) is 25.8 Å².